The number of benzene rings is 7. The minimum atomic E-state index is 0.893. The minimum absolute atomic E-state index is 0.893. The van der Waals surface area contributed by atoms with Gasteiger partial charge < -0.3 is 9.32 Å². The number of furan rings is 1. The third kappa shape index (κ3) is 4.32. The summed E-state index contributed by atoms with van der Waals surface area (Å²) in [6, 6.07) is 58.5. The maximum atomic E-state index is 6.23. The van der Waals surface area contributed by atoms with Gasteiger partial charge in [-0.15, -0.1) is 11.3 Å². The second kappa shape index (κ2) is 10.5. The van der Waals surface area contributed by atoms with Crippen molar-refractivity contribution < 1.29 is 4.42 Å². The van der Waals surface area contributed by atoms with E-state index in [2.05, 4.69) is 157 Å². The lowest BCUT2D eigenvalue weighted by molar-refractivity contribution is 0.669. The first kappa shape index (κ1) is 25.8. The first-order valence-corrected chi connectivity index (χ1v) is 16.0. The average Bonchev–Trinajstić information content (AvgIpc) is 3.68. The van der Waals surface area contributed by atoms with Gasteiger partial charge in [-0.25, -0.2) is 0 Å². The van der Waals surface area contributed by atoms with Gasteiger partial charge in [-0.3, -0.25) is 0 Å². The van der Waals surface area contributed by atoms with E-state index >= 15 is 0 Å². The zero-order valence-electron chi connectivity index (χ0n) is 24.4. The van der Waals surface area contributed by atoms with Crippen molar-refractivity contribution in [3.63, 3.8) is 0 Å². The first-order valence-electron chi connectivity index (χ1n) is 15.2. The number of nitrogens with zero attached hydrogens (tertiary/aromatic N) is 1. The maximum absolute atomic E-state index is 6.23. The molecule has 3 heteroatoms. The predicted octanol–water partition coefficient (Wildman–Crippen LogP) is 12.8. The molecule has 0 aliphatic carbocycles. The van der Waals surface area contributed by atoms with Crippen LogP contribution in [0.5, 0.6) is 0 Å². The van der Waals surface area contributed by atoms with Gasteiger partial charge in [-0.2, -0.15) is 0 Å². The molecule has 0 unspecified atom stereocenters. The molecule has 2 nitrogen and oxygen atoms in total. The Kier molecular flexibility index (Phi) is 6.03. The van der Waals surface area contributed by atoms with Crippen LogP contribution in [0.25, 0.3) is 64.4 Å². The molecule has 7 aromatic carbocycles. The number of anilines is 3. The standard InChI is InChI=1S/C42H27NOS/c1-2-11-28(12-3-1)29-21-23-30(24-22-29)32-13-4-7-17-37(32)43(31-25-26-40-36(27-31)33-14-5-8-19-39(33)44-40)38-18-10-16-35-34-15-6-9-20-41(34)45-42(35)38/h1-27H. The number of fused-ring (bicyclic) bond motifs is 6. The number of hydrogen-bond acceptors (Lipinski definition) is 3. The SMILES string of the molecule is c1ccc(-c2ccc(-c3ccccc3N(c3ccc4oc5ccccc5c4c3)c3cccc4c3sc3ccccc34)cc2)cc1. The third-order valence-corrected chi connectivity index (χ3v) is 9.90. The summed E-state index contributed by atoms with van der Waals surface area (Å²) in [5, 5.41) is 4.80. The average molecular weight is 594 g/mol. The zero-order chi connectivity index (χ0) is 29.7. The van der Waals surface area contributed by atoms with Crippen molar-refractivity contribution in [3.8, 4) is 22.3 Å². The second-order valence-corrected chi connectivity index (χ2v) is 12.4. The van der Waals surface area contributed by atoms with Crippen LogP contribution in [0, 0.1) is 0 Å². The number of thiophene rings is 1. The number of hydrogen-bond donors (Lipinski definition) is 0. The van der Waals surface area contributed by atoms with E-state index in [1.165, 1.54) is 42.4 Å². The first-order chi connectivity index (χ1) is 22.3. The largest absolute Gasteiger partial charge is 0.456 e. The molecule has 0 bridgehead atoms. The Morgan fingerprint density at radius 3 is 1.96 bits per heavy atom. The van der Waals surface area contributed by atoms with E-state index in [-0.39, 0.29) is 0 Å². The Morgan fingerprint density at radius 2 is 1.07 bits per heavy atom. The Morgan fingerprint density at radius 1 is 0.422 bits per heavy atom. The minimum Gasteiger partial charge on any atom is -0.456 e. The van der Waals surface area contributed by atoms with Gasteiger partial charge in [0.1, 0.15) is 11.2 Å². The highest BCUT2D eigenvalue weighted by molar-refractivity contribution is 7.26. The Labute approximate surface area is 265 Å². The topological polar surface area (TPSA) is 16.4 Å². The maximum Gasteiger partial charge on any atom is 0.135 e. The van der Waals surface area contributed by atoms with Gasteiger partial charge in [0.05, 0.1) is 16.1 Å². The summed E-state index contributed by atoms with van der Waals surface area (Å²) in [5.41, 5.74) is 9.95. The van der Waals surface area contributed by atoms with Crippen molar-refractivity contribution >= 4 is 70.5 Å². The molecule has 2 heterocycles. The molecule has 0 amide bonds. The van der Waals surface area contributed by atoms with Crippen LogP contribution in [0.4, 0.5) is 17.1 Å². The van der Waals surface area contributed by atoms with E-state index in [0.717, 1.165) is 39.0 Å². The predicted molar refractivity (Wildman–Crippen MR) is 192 cm³/mol. The summed E-state index contributed by atoms with van der Waals surface area (Å²) in [6.07, 6.45) is 0. The van der Waals surface area contributed by atoms with Gasteiger partial charge >= 0.3 is 0 Å². The molecule has 9 rings (SSSR count). The van der Waals surface area contributed by atoms with Crippen molar-refractivity contribution in [2.24, 2.45) is 0 Å². The van der Waals surface area contributed by atoms with E-state index in [4.69, 9.17) is 4.42 Å². The molecule has 45 heavy (non-hydrogen) atoms. The molecule has 0 saturated carbocycles. The lowest BCUT2D eigenvalue weighted by Crippen LogP contribution is -2.11. The van der Waals surface area contributed by atoms with Crippen molar-refractivity contribution in [1.29, 1.82) is 0 Å². The van der Waals surface area contributed by atoms with Gasteiger partial charge in [-0.05, 0) is 59.2 Å². The van der Waals surface area contributed by atoms with Crippen molar-refractivity contribution in [2.45, 2.75) is 0 Å². The molecule has 2 aromatic heterocycles. The van der Waals surface area contributed by atoms with Gasteiger partial charge in [0.25, 0.3) is 0 Å². The van der Waals surface area contributed by atoms with Crippen LogP contribution in [0.2, 0.25) is 0 Å². The summed E-state index contributed by atoms with van der Waals surface area (Å²) in [5.74, 6) is 0. The van der Waals surface area contributed by atoms with Crippen LogP contribution in [-0.4, -0.2) is 0 Å². The van der Waals surface area contributed by atoms with E-state index in [1.807, 2.05) is 23.5 Å². The van der Waals surface area contributed by atoms with Gasteiger partial charge in [0, 0.05) is 37.5 Å². The van der Waals surface area contributed by atoms with Gasteiger partial charge in [0.2, 0.25) is 0 Å². The summed E-state index contributed by atoms with van der Waals surface area (Å²) in [4.78, 5) is 2.43. The lowest BCUT2D eigenvalue weighted by Gasteiger charge is -2.28. The smallest absolute Gasteiger partial charge is 0.135 e. The van der Waals surface area contributed by atoms with E-state index < -0.39 is 0 Å². The fourth-order valence-corrected chi connectivity index (χ4v) is 7.76. The van der Waals surface area contributed by atoms with Crippen LogP contribution in [-0.2, 0) is 0 Å². The Bertz CT molecular complexity index is 2490. The van der Waals surface area contributed by atoms with Crippen molar-refractivity contribution in [2.75, 3.05) is 4.90 Å². The van der Waals surface area contributed by atoms with Crippen LogP contribution >= 0.6 is 11.3 Å². The van der Waals surface area contributed by atoms with Crippen LogP contribution in [0.1, 0.15) is 0 Å². The van der Waals surface area contributed by atoms with E-state index in [9.17, 15) is 0 Å². The molecule has 0 saturated heterocycles. The second-order valence-electron chi connectivity index (χ2n) is 11.3. The van der Waals surface area contributed by atoms with Crippen molar-refractivity contribution in [3.05, 3.63) is 164 Å². The quantitative estimate of drug-likeness (QED) is 0.197. The molecule has 0 N–H and O–H groups in total. The fraction of sp³-hybridized carbons (Fsp3) is 0. The highest BCUT2D eigenvalue weighted by Crippen LogP contribution is 2.48. The normalized spacial score (nSPS) is 11.6. The van der Waals surface area contributed by atoms with Crippen LogP contribution in [0.15, 0.2) is 168 Å². The molecule has 0 atom stereocenters. The molecule has 0 aliphatic rings. The Balaban J connectivity index is 1.28. The highest BCUT2D eigenvalue weighted by Gasteiger charge is 2.22. The molecule has 0 aliphatic heterocycles. The summed E-state index contributed by atoms with van der Waals surface area (Å²) in [6.45, 7) is 0. The molecular weight excluding hydrogens is 567 g/mol. The molecule has 0 radical (unpaired) electrons. The van der Waals surface area contributed by atoms with Gasteiger partial charge in [-0.1, -0.05) is 121 Å². The van der Waals surface area contributed by atoms with E-state index in [0.29, 0.717) is 0 Å². The summed E-state index contributed by atoms with van der Waals surface area (Å²) < 4.78 is 8.79. The number of rotatable bonds is 5. The van der Waals surface area contributed by atoms with Crippen LogP contribution in [0.3, 0.4) is 0 Å². The monoisotopic (exact) mass is 593 g/mol. The van der Waals surface area contributed by atoms with Crippen LogP contribution < -0.4 is 4.90 Å². The van der Waals surface area contributed by atoms with Crippen molar-refractivity contribution in [1.82, 2.24) is 0 Å². The molecule has 0 fully saturated rings. The summed E-state index contributed by atoms with van der Waals surface area (Å²) in [7, 11) is 0. The molecule has 212 valence electrons. The fourth-order valence-electron chi connectivity index (χ4n) is 6.56. The molecule has 9 aromatic rings. The third-order valence-electron chi connectivity index (χ3n) is 8.69. The molecule has 0 spiro atoms. The molecular formula is C42H27NOS. The lowest BCUT2D eigenvalue weighted by atomic mass is 9.98. The zero-order valence-corrected chi connectivity index (χ0v) is 25.2. The Hall–Kier alpha value is -5.64. The summed E-state index contributed by atoms with van der Waals surface area (Å²) >= 11 is 1.85. The van der Waals surface area contributed by atoms with Gasteiger partial charge in [0.15, 0.2) is 0 Å². The van der Waals surface area contributed by atoms with E-state index in [1.54, 1.807) is 0 Å². The number of para-hydroxylation sites is 2. The highest BCUT2D eigenvalue weighted by atomic mass is 32.1.